The van der Waals surface area contributed by atoms with E-state index in [0.29, 0.717) is 23.7 Å². The summed E-state index contributed by atoms with van der Waals surface area (Å²) in [4.78, 5) is 26.7. The van der Waals surface area contributed by atoms with Crippen LogP contribution in [-0.2, 0) is 25.7 Å². The van der Waals surface area contributed by atoms with Gasteiger partial charge in [-0.25, -0.2) is 0 Å². The average molecular weight is 825 g/mol. The highest BCUT2D eigenvalue weighted by molar-refractivity contribution is 6.67. The van der Waals surface area contributed by atoms with Crippen LogP contribution in [0.5, 0.6) is 0 Å². The van der Waals surface area contributed by atoms with Crippen LogP contribution < -0.4 is 11.1 Å². The van der Waals surface area contributed by atoms with Crippen molar-refractivity contribution in [3.63, 3.8) is 0 Å². The Labute approximate surface area is 357 Å². The van der Waals surface area contributed by atoms with E-state index in [2.05, 4.69) is 45.5 Å². The van der Waals surface area contributed by atoms with E-state index in [9.17, 15) is 9.59 Å². The molecule has 3 N–H and O–H groups in total. The largest absolute Gasteiger partial charge is 0.350 e. The first-order valence-electron chi connectivity index (χ1n) is 24.5. The number of nitrogens with zero attached hydrogens (tertiary/aromatic N) is 5. The van der Waals surface area contributed by atoms with Gasteiger partial charge >= 0.3 is 0 Å². The predicted molar refractivity (Wildman–Crippen MR) is 240 cm³/mol. The van der Waals surface area contributed by atoms with Crippen molar-refractivity contribution in [2.45, 2.75) is 213 Å². The second kappa shape index (κ2) is 25.5. The topological polar surface area (TPSA) is 111 Å². The molecule has 2 heterocycles. The molecule has 0 atom stereocenters. The van der Waals surface area contributed by atoms with E-state index < -0.39 is 0 Å². The summed E-state index contributed by atoms with van der Waals surface area (Å²) in [6.07, 6.45) is 35.3. The van der Waals surface area contributed by atoms with Crippen molar-refractivity contribution < 1.29 is 9.59 Å². The number of halogens is 1. The quantitative estimate of drug-likeness (QED) is 0.231. The summed E-state index contributed by atoms with van der Waals surface area (Å²) in [5, 5.41) is 12.3. The summed E-state index contributed by atoms with van der Waals surface area (Å²) in [6, 6.07) is 1.02. The van der Waals surface area contributed by atoms with Gasteiger partial charge in [-0.1, -0.05) is 97.8 Å². The first-order chi connectivity index (χ1) is 28.4. The molecule has 328 valence electrons. The van der Waals surface area contributed by atoms with Gasteiger partial charge in [0.05, 0.1) is 12.1 Å². The van der Waals surface area contributed by atoms with Crippen molar-refractivity contribution >= 4 is 22.8 Å². The van der Waals surface area contributed by atoms with Crippen LogP contribution in [0.15, 0.2) is 0 Å². The second-order valence-corrected chi connectivity index (χ2v) is 18.6. The molecule has 6 aliphatic carbocycles. The Morgan fingerprint density at radius 1 is 0.586 bits per heavy atom. The number of carbonyl (C=O) groups excluding carboxylic acids is 2. The van der Waals surface area contributed by atoms with Gasteiger partial charge in [0, 0.05) is 29.1 Å². The summed E-state index contributed by atoms with van der Waals surface area (Å²) in [6.45, 7) is 11.9. The van der Waals surface area contributed by atoms with Crippen LogP contribution in [0.25, 0.3) is 0 Å². The van der Waals surface area contributed by atoms with Gasteiger partial charge in [-0.2, -0.15) is 10.2 Å². The summed E-state index contributed by atoms with van der Waals surface area (Å²) in [7, 11) is 0. The van der Waals surface area contributed by atoms with Gasteiger partial charge in [-0.3, -0.25) is 19.0 Å². The number of hydrogen-bond donors (Lipinski definition) is 2. The third kappa shape index (κ3) is 13.6. The molecule has 2 aromatic heterocycles. The lowest BCUT2D eigenvalue weighted by molar-refractivity contribution is 0.0935. The number of amides is 1. The van der Waals surface area contributed by atoms with Gasteiger partial charge < -0.3 is 16.0 Å². The Morgan fingerprint density at radius 3 is 1.38 bits per heavy atom. The van der Waals surface area contributed by atoms with E-state index in [1.807, 2.05) is 0 Å². The number of carbonyl (C=O) groups is 2. The lowest BCUT2D eigenvalue weighted by Crippen LogP contribution is -2.31. The maximum Gasteiger partial charge on any atom is 0.273 e. The molecule has 4 fully saturated rings. The minimum Gasteiger partial charge on any atom is -0.350 e. The van der Waals surface area contributed by atoms with Gasteiger partial charge in [0.15, 0.2) is 5.69 Å². The molecule has 0 radical (unpaired) electrons. The maximum absolute atomic E-state index is 12.9. The molecule has 9 nitrogen and oxygen atoms in total. The Kier molecular flexibility index (Phi) is 20.6. The molecule has 8 rings (SSSR count). The Balaban J connectivity index is 0.000000168. The van der Waals surface area contributed by atoms with Crippen molar-refractivity contribution in [3.05, 3.63) is 33.9 Å². The minimum atomic E-state index is -0.386. The number of fused-ring (bicyclic) bond motifs is 2. The van der Waals surface area contributed by atoms with E-state index in [4.69, 9.17) is 22.4 Å². The number of nitrogens with one attached hydrogen (secondary N) is 1. The van der Waals surface area contributed by atoms with Crippen molar-refractivity contribution in [1.82, 2.24) is 29.8 Å². The molecule has 6 aliphatic rings. The maximum atomic E-state index is 12.9. The van der Waals surface area contributed by atoms with Crippen LogP contribution in [0.1, 0.15) is 230 Å². The molecule has 0 bridgehead atoms. The molecule has 58 heavy (non-hydrogen) atoms. The smallest absolute Gasteiger partial charge is 0.273 e. The summed E-state index contributed by atoms with van der Waals surface area (Å²) in [5.41, 5.74) is 11.8. The zero-order valence-corrected chi connectivity index (χ0v) is 37.9. The standard InChI is InChI=1S/C21H33N3O.C14H19ClN2O.C7H15N.C6H15N/c25-21(22-15-16-9-3-1-4-10-16)20-18-13-7-8-14-19(18)24(23-20)17-11-5-2-6-12-17;15-14(18)13-11-8-4-5-9-12(11)17(16-13)10-6-2-1-3-7-10;8-6-7-4-2-1-3-5-7;1-4-7(5-2)6-3/h16-17H,1-15H2,(H,22,25);10H,1-9H2;7H,1-6,8H2;4-6H2,1-3H3. The molecular formula is C48H82ClN7O2. The summed E-state index contributed by atoms with van der Waals surface area (Å²) < 4.78 is 4.41. The highest BCUT2D eigenvalue weighted by Gasteiger charge is 2.30. The van der Waals surface area contributed by atoms with Crippen LogP contribution in [0.4, 0.5) is 0 Å². The highest BCUT2D eigenvalue weighted by Crippen LogP contribution is 2.35. The van der Waals surface area contributed by atoms with E-state index >= 15 is 0 Å². The number of aromatic nitrogens is 4. The molecule has 10 heteroatoms. The molecule has 1 amide bonds. The van der Waals surface area contributed by atoms with Crippen LogP contribution in [0.2, 0.25) is 0 Å². The molecule has 4 saturated carbocycles. The molecule has 0 spiro atoms. The van der Waals surface area contributed by atoms with E-state index in [1.54, 1.807) is 0 Å². The third-order valence-corrected chi connectivity index (χ3v) is 14.5. The van der Waals surface area contributed by atoms with Crippen LogP contribution in [-0.4, -0.2) is 68.3 Å². The number of hydrogen-bond acceptors (Lipinski definition) is 6. The molecular weight excluding hydrogens is 742 g/mol. The molecule has 0 aliphatic heterocycles. The molecule has 0 unspecified atom stereocenters. The van der Waals surface area contributed by atoms with Crippen molar-refractivity contribution in [2.24, 2.45) is 17.6 Å². The summed E-state index contributed by atoms with van der Waals surface area (Å²) in [5.74, 6) is 1.62. The van der Waals surface area contributed by atoms with Gasteiger partial charge in [0.1, 0.15) is 5.69 Å². The molecule has 2 aromatic rings. The lowest BCUT2D eigenvalue weighted by Gasteiger charge is -2.25. The predicted octanol–water partition coefficient (Wildman–Crippen LogP) is 11.1. The fourth-order valence-electron chi connectivity index (χ4n) is 10.7. The molecule has 0 saturated heterocycles. The first-order valence-corrected chi connectivity index (χ1v) is 24.9. The monoisotopic (exact) mass is 824 g/mol. The fraction of sp³-hybridized carbons (Fsp3) is 0.833. The van der Waals surface area contributed by atoms with Crippen LogP contribution in [0, 0.1) is 11.8 Å². The zero-order chi connectivity index (χ0) is 41.1. The van der Waals surface area contributed by atoms with Gasteiger partial charge in [-0.05, 0) is 152 Å². The second-order valence-electron chi connectivity index (χ2n) is 18.3. The van der Waals surface area contributed by atoms with Crippen LogP contribution >= 0.6 is 11.6 Å². The van der Waals surface area contributed by atoms with Gasteiger partial charge in [0.25, 0.3) is 11.1 Å². The fourth-order valence-corrected chi connectivity index (χ4v) is 10.8. The minimum absolute atomic E-state index is 0.0817. The van der Waals surface area contributed by atoms with Crippen molar-refractivity contribution in [3.8, 4) is 0 Å². The number of nitrogens with two attached hydrogens (primary N) is 1. The lowest BCUT2D eigenvalue weighted by atomic mass is 9.89. The van der Waals surface area contributed by atoms with Gasteiger partial charge in [0.2, 0.25) is 0 Å². The van der Waals surface area contributed by atoms with Crippen molar-refractivity contribution in [1.29, 1.82) is 0 Å². The molecule has 0 aromatic carbocycles. The Hall–Kier alpha value is -2.23. The third-order valence-electron chi connectivity index (χ3n) is 14.3. The number of rotatable bonds is 10. The highest BCUT2D eigenvalue weighted by atomic mass is 35.5. The normalized spacial score (nSPS) is 20.7. The van der Waals surface area contributed by atoms with E-state index in [0.717, 1.165) is 62.4 Å². The Morgan fingerprint density at radius 2 is 0.983 bits per heavy atom. The Bertz CT molecular complexity index is 1490. The summed E-state index contributed by atoms with van der Waals surface area (Å²) >= 11 is 5.68. The van der Waals surface area contributed by atoms with Crippen LogP contribution in [0.3, 0.4) is 0 Å². The SMILES string of the molecule is CCN(CC)CC.NCC1CCCCC1.O=C(Cl)c1nn(C2CCCCC2)c2c1CCCC2.O=C(NCC1CCCCC1)c1nn(C2CCCCC2)c2c1CCCC2. The average Bonchev–Trinajstić information content (AvgIpc) is 3.88. The first kappa shape index (κ1) is 46.8. The zero-order valence-electron chi connectivity index (χ0n) is 37.2. The van der Waals surface area contributed by atoms with Gasteiger partial charge in [-0.15, -0.1) is 0 Å². The van der Waals surface area contributed by atoms with E-state index in [-0.39, 0.29) is 11.1 Å². The van der Waals surface area contributed by atoms with Crippen molar-refractivity contribution in [2.75, 3.05) is 32.7 Å². The van der Waals surface area contributed by atoms with E-state index in [1.165, 1.54) is 184 Å².